The fraction of sp³-hybridized carbons (Fsp3) is 0.630. The number of nitrogens with one attached hydrogen (secondary N) is 3. The van der Waals surface area contributed by atoms with Gasteiger partial charge in [0.05, 0.1) is 18.5 Å². The van der Waals surface area contributed by atoms with Crippen molar-refractivity contribution in [2.24, 2.45) is 17.8 Å². The van der Waals surface area contributed by atoms with Gasteiger partial charge in [0.1, 0.15) is 17.3 Å². The van der Waals surface area contributed by atoms with Gasteiger partial charge in [-0.05, 0) is 43.7 Å². The van der Waals surface area contributed by atoms with E-state index in [-0.39, 0.29) is 43.5 Å². The molecule has 11 nitrogen and oxygen atoms in total. The number of likely N-dealkylation sites (N-methyl/N-ethyl adjacent to an activating group) is 1. The SMILES string of the molecule is CNC(=O)C(CC1CC1)(NC(=O)C(F)(F)F)[C@H](CC1CC1)C(=O)N1C[C@@]2(C[C@H]1C#N)Oc1nc(C)ccc1NC2=O. The van der Waals surface area contributed by atoms with Crippen LogP contribution >= 0.6 is 0 Å². The highest BCUT2D eigenvalue weighted by Gasteiger charge is 2.61. The molecule has 1 unspecified atom stereocenters. The van der Waals surface area contributed by atoms with E-state index in [4.69, 9.17) is 4.74 Å². The topological polar surface area (TPSA) is 154 Å². The zero-order chi connectivity index (χ0) is 29.7. The molecule has 2 saturated carbocycles. The van der Waals surface area contributed by atoms with E-state index in [1.165, 1.54) is 7.05 Å². The van der Waals surface area contributed by atoms with Crippen LogP contribution in [0.25, 0.3) is 0 Å². The highest BCUT2D eigenvalue weighted by Crippen LogP contribution is 2.47. The molecule has 0 aromatic carbocycles. The first-order chi connectivity index (χ1) is 19.3. The van der Waals surface area contributed by atoms with Crippen molar-refractivity contribution < 1.29 is 37.1 Å². The highest BCUT2D eigenvalue weighted by molar-refractivity contribution is 6.02. The summed E-state index contributed by atoms with van der Waals surface area (Å²) in [5.74, 6) is -6.10. The Labute approximate surface area is 234 Å². The molecule has 4 amide bonds. The first-order valence-electron chi connectivity index (χ1n) is 13.6. The number of pyridine rings is 1. The molecule has 3 N–H and O–H groups in total. The molecule has 41 heavy (non-hydrogen) atoms. The number of nitrogens with zero attached hydrogens (tertiary/aromatic N) is 3. The van der Waals surface area contributed by atoms with Crippen molar-refractivity contribution >= 4 is 29.3 Å². The Morgan fingerprint density at radius 2 is 1.90 bits per heavy atom. The number of alkyl halides is 3. The number of aromatic nitrogens is 1. The number of anilines is 1. The highest BCUT2D eigenvalue weighted by atomic mass is 19.4. The normalized spacial score (nSPS) is 25.7. The third-order valence-electron chi connectivity index (χ3n) is 8.40. The number of carbonyl (C=O) groups is 4. The molecule has 14 heteroatoms. The zero-order valence-electron chi connectivity index (χ0n) is 22.6. The minimum atomic E-state index is -5.30. The van der Waals surface area contributed by atoms with E-state index in [2.05, 4.69) is 15.6 Å². The number of hydrogen-bond acceptors (Lipinski definition) is 7. The summed E-state index contributed by atoms with van der Waals surface area (Å²) in [5, 5.41) is 17.0. The summed E-state index contributed by atoms with van der Waals surface area (Å²) in [6.07, 6.45) is -2.94. The number of likely N-dealkylation sites (tertiary alicyclic amines) is 1. The molecule has 3 heterocycles. The first kappa shape index (κ1) is 28.6. The Kier molecular flexibility index (Phi) is 7.11. The predicted octanol–water partition coefficient (Wildman–Crippen LogP) is 1.96. The Morgan fingerprint density at radius 3 is 2.49 bits per heavy atom. The zero-order valence-corrected chi connectivity index (χ0v) is 22.6. The second-order valence-corrected chi connectivity index (χ2v) is 11.6. The Hall–Kier alpha value is -3.89. The molecule has 0 radical (unpaired) electrons. The van der Waals surface area contributed by atoms with Crippen molar-refractivity contribution in [1.82, 2.24) is 20.5 Å². The minimum Gasteiger partial charge on any atom is -0.457 e. The predicted molar refractivity (Wildman–Crippen MR) is 136 cm³/mol. The first-order valence-corrected chi connectivity index (χ1v) is 13.6. The molecular formula is C27H31F3N6O5. The fourth-order valence-electron chi connectivity index (χ4n) is 5.89. The van der Waals surface area contributed by atoms with Gasteiger partial charge in [0.25, 0.3) is 5.91 Å². The molecule has 2 aliphatic heterocycles. The third kappa shape index (κ3) is 5.41. The molecule has 1 spiro atoms. The summed E-state index contributed by atoms with van der Waals surface area (Å²) < 4.78 is 46.6. The summed E-state index contributed by atoms with van der Waals surface area (Å²) >= 11 is 0. The van der Waals surface area contributed by atoms with Crippen LogP contribution < -0.4 is 20.7 Å². The molecule has 5 rings (SSSR count). The molecule has 1 aromatic heterocycles. The monoisotopic (exact) mass is 576 g/mol. The molecule has 220 valence electrons. The van der Waals surface area contributed by atoms with Gasteiger partial charge in [0, 0.05) is 19.2 Å². The molecule has 4 atom stereocenters. The standard InChI is InChI=1S/C27H31F3N6O5/c1-14-3-8-19-20(33-14)41-25(22(38)34-19)11-17(12-31)36(13-25)21(37)18(9-15-4-5-15)26(23(39)32-2,10-16-6-7-16)35-24(40)27(28,29)30/h3,8,15-18H,4-7,9-11,13H2,1-2H3,(H,32,39)(H,34,38)(H,35,40)/t17-,18+,25+,26?/m0/s1. The molecule has 1 aromatic rings. The van der Waals surface area contributed by atoms with Gasteiger partial charge in [-0.25, -0.2) is 4.98 Å². The van der Waals surface area contributed by atoms with Gasteiger partial charge in [0.15, 0.2) is 0 Å². The lowest BCUT2D eigenvalue weighted by molar-refractivity contribution is -0.178. The van der Waals surface area contributed by atoms with Crippen LogP contribution in [0.1, 0.15) is 50.6 Å². The third-order valence-corrected chi connectivity index (χ3v) is 8.40. The van der Waals surface area contributed by atoms with Crippen molar-refractivity contribution in [3.8, 4) is 11.9 Å². The van der Waals surface area contributed by atoms with Gasteiger partial charge in [0.2, 0.25) is 23.3 Å². The molecule has 2 aliphatic carbocycles. The minimum absolute atomic E-state index is 0.0371. The van der Waals surface area contributed by atoms with Crippen LogP contribution in [0, 0.1) is 36.0 Å². The van der Waals surface area contributed by atoms with Crippen LogP contribution in [0.15, 0.2) is 12.1 Å². The van der Waals surface area contributed by atoms with Gasteiger partial charge in [-0.1, -0.05) is 25.7 Å². The van der Waals surface area contributed by atoms with Crippen LogP contribution in [-0.4, -0.2) is 70.5 Å². The van der Waals surface area contributed by atoms with E-state index in [0.717, 1.165) is 4.90 Å². The van der Waals surface area contributed by atoms with Crippen LogP contribution in [0.5, 0.6) is 5.88 Å². The van der Waals surface area contributed by atoms with Gasteiger partial charge >= 0.3 is 12.1 Å². The maximum atomic E-state index is 14.4. The van der Waals surface area contributed by atoms with Crippen molar-refractivity contribution in [2.75, 3.05) is 18.9 Å². The second kappa shape index (κ2) is 10.2. The Bertz CT molecular complexity index is 1320. The van der Waals surface area contributed by atoms with Gasteiger partial charge in [-0.2, -0.15) is 18.4 Å². The number of nitriles is 1. The van der Waals surface area contributed by atoms with E-state index in [1.54, 1.807) is 19.1 Å². The molecule has 3 fully saturated rings. The summed E-state index contributed by atoms with van der Waals surface area (Å²) in [6.45, 7) is 1.35. The smallest absolute Gasteiger partial charge is 0.457 e. The molecule has 0 bridgehead atoms. The fourth-order valence-corrected chi connectivity index (χ4v) is 5.89. The van der Waals surface area contributed by atoms with Crippen LogP contribution in [0.3, 0.4) is 0 Å². The summed E-state index contributed by atoms with van der Waals surface area (Å²) in [7, 11) is 1.23. The van der Waals surface area contributed by atoms with Crippen molar-refractivity contribution in [2.45, 2.75) is 75.2 Å². The second-order valence-electron chi connectivity index (χ2n) is 11.6. The Morgan fingerprint density at radius 1 is 1.22 bits per heavy atom. The van der Waals surface area contributed by atoms with E-state index in [0.29, 0.717) is 37.1 Å². The lowest BCUT2D eigenvalue weighted by Crippen LogP contribution is -2.67. The quantitative estimate of drug-likeness (QED) is 0.428. The van der Waals surface area contributed by atoms with Crippen molar-refractivity contribution in [3.05, 3.63) is 17.8 Å². The lowest BCUT2D eigenvalue weighted by atomic mass is 9.74. The Balaban J connectivity index is 1.53. The van der Waals surface area contributed by atoms with E-state index in [9.17, 15) is 37.6 Å². The number of halogens is 3. The number of ether oxygens (including phenoxy) is 1. The van der Waals surface area contributed by atoms with Crippen LogP contribution in [0.2, 0.25) is 0 Å². The maximum Gasteiger partial charge on any atom is 0.471 e. The maximum absolute atomic E-state index is 14.4. The largest absolute Gasteiger partial charge is 0.471 e. The summed E-state index contributed by atoms with van der Waals surface area (Å²) in [6, 6.07) is 4.14. The van der Waals surface area contributed by atoms with Crippen molar-refractivity contribution in [1.29, 1.82) is 5.26 Å². The average Bonchev–Trinajstić information content (AvgIpc) is 3.86. The summed E-state index contributed by atoms with van der Waals surface area (Å²) in [5.41, 5.74) is -2.94. The van der Waals surface area contributed by atoms with Crippen LogP contribution in [0.4, 0.5) is 18.9 Å². The van der Waals surface area contributed by atoms with E-state index >= 15 is 0 Å². The molecule has 4 aliphatic rings. The van der Waals surface area contributed by atoms with Gasteiger partial charge < -0.3 is 25.6 Å². The average molecular weight is 577 g/mol. The number of amides is 4. The van der Waals surface area contributed by atoms with Gasteiger partial charge in [-0.15, -0.1) is 0 Å². The lowest BCUT2D eigenvalue weighted by Gasteiger charge is -2.41. The van der Waals surface area contributed by atoms with Crippen molar-refractivity contribution in [3.63, 3.8) is 0 Å². The van der Waals surface area contributed by atoms with Gasteiger partial charge in [-0.3, -0.25) is 19.2 Å². The van der Waals surface area contributed by atoms with E-state index < -0.39 is 52.9 Å². The summed E-state index contributed by atoms with van der Waals surface area (Å²) in [4.78, 5) is 58.8. The number of fused-ring (bicyclic) bond motifs is 1. The molecule has 1 saturated heterocycles. The number of carbonyl (C=O) groups excluding carboxylic acids is 4. The van der Waals surface area contributed by atoms with Crippen LogP contribution in [-0.2, 0) is 19.2 Å². The number of rotatable bonds is 8. The number of hydrogen-bond donors (Lipinski definition) is 3. The number of aryl methyl sites for hydroxylation is 1. The van der Waals surface area contributed by atoms with E-state index in [1.807, 2.05) is 11.4 Å². The molecular weight excluding hydrogens is 545 g/mol.